The number of phosphoric ester groups is 1. The summed E-state index contributed by atoms with van der Waals surface area (Å²) in [4.78, 5) is 36.0. The second-order valence-electron chi connectivity index (χ2n) is 28.1. The molecule has 0 aromatic heterocycles. The molecule has 0 aliphatic rings. The minimum atomic E-state index is -4.40. The standard InChI is InChI=1S/C84H152NO8P/c1-6-8-10-12-14-16-18-20-22-24-26-28-30-32-34-36-37-38-39-40-41-42-43-44-45-46-47-49-50-52-54-56-58-60-62-64-66-68-70-72-74-76-83(86)90-80-82(81-92-94(88,89)91-79-78-85(3,4)5)93-84(87)77-75-73-71-69-67-65-63-61-59-57-55-53-51-48-35-33-31-29-27-25-23-21-19-17-15-13-11-9-7-2/h9,11,15,17-18,20-21,23-24,26-27,29,33,35,51,53,82H,6-8,10,12-14,16,19,22,25,28,30-32,34,36-50,52,54-81H2,1-5H3/p+1/b11-9-,17-15-,20-18-,23-21-,26-24-,29-27-,35-33-,53-51-. The van der Waals surface area contributed by atoms with Gasteiger partial charge in [-0.05, 0) is 96.3 Å². The van der Waals surface area contributed by atoms with Crippen molar-refractivity contribution >= 4 is 19.8 Å². The van der Waals surface area contributed by atoms with Crippen LogP contribution in [0.2, 0.25) is 0 Å². The van der Waals surface area contributed by atoms with Crippen molar-refractivity contribution < 1.29 is 42.1 Å². The fourth-order valence-corrected chi connectivity index (χ4v) is 12.3. The van der Waals surface area contributed by atoms with Crippen LogP contribution in [-0.4, -0.2) is 74.9 Å². The number of ether oxygens (including phenoxy) is 2. The summed E-state index contributed by atoms with van der Waals surface area (Å²) in [6.45, 7) is 4.35. The molecule has 10 heteroatoms. The molecule has 2 atom stereocenters. The zero-order valence-electron chi connectivity index (χ0n) is 62.4. The number of esters is 2. The highest BCUT2D eigenvalue weighted by atomic mass is 31.2. The van der Waals surface area contributed by atoms with Crippen molar-refractivity contribution in [2.24, 2.45) is 0 Å². The molecule has 94 heavy (non-hydrogen) atoms. The molecule has 0 amide bonds. The molecular weight excluding hydrogens is 1180 g/mol. The van der Waals surface area contributed by atoms with Gasteiger partial charge in [-0.3, -0.25) is 18.6 Å². The van der Waals surface area contributed by atoms with Crippen LogP contribution in [0.3, 0.4) is 0 Å². The first-order valence-electron chi connectivity index (χ1n) is 40.0. The first-order chi connectivity index (χ1) is 46.0. The summed E-state index contributed by atoms with van der Waals surface area (Å²) in [5.41, 5.74) is 0. The van der Waals surface area contributed by atoms with Gasteiger partial charge in [0.2, 0.25) is 0 Å². The van der Waals surface area contributed by atoms with Gasteiger partial charge in [0, 0.05) is 12.8 Å². The monoisotopic (exact) mass is 1340 g/mol. The average Bonchev–Trinajstić information content (AvgIpc) is 1.65. The Labute approximate surface area is 583 Å². The van der Waals surface area contributed by atoms with Crippen LogP contribution in [0.4, 0.5) is 0 Å². The smallest absolute Gasteiger partial charge is 0.462 e. The van der Waals surface area contributed by atoms with Gasteiger partial charge in [-0.1, -0.05) is 361 Å². The van der Waals surface area contributed by atoms with Gasteiger partial charge < -0.3 is 18.9 Å². The van der Waals surface area contributed by atoms with E-state index in [4.69, 9.17) is 18.5 Å². The van der Waals surface area contributed by atoms with Gasteiger partial charge in [-0.15, -0.1) is 0 Å². The largest absolute Gasteiger partial charge is 0.472 e. The lowest BCUT2D eigenvalue weighted by Crippen LogP contribution is -2.37. The van der Waals surface area contributed by atoms with Crippen molar-refractivity contribution in [2.75, 3.05) is 47.5 Å². The lowest BCUT2D eigenvalue weighted by molar-refractivity contribution is -0.870. The SMILES string of the molecule is CC/C=C\C/C=C\C/C=C\C/C=C\C/C=C\C/C=C\CCCCCCCCCCCCC(=O)OC(COC(=O)CCCCCCCCCCCCCCCCCCCCCCCCCCCCCCC/C=C\C/C=C\CCCCCCC)COP(=O)(O)OCC[N+](C)(C)C. The summed E-state index contributed by atoms with van der Waals surface area (Å²) < 4.78 is 34.8. The molecule has 0 aromatic carbocycles. The highest BCUT2D eigenvalue weighted by molar-refractivity contribution is 7.47. The molecule has 0 aliphatic heterocycles. The predicted molar refractivity (Wildman–Crippen MR) is 408 cm³/mol. The van der Waals surface area contributed by atoms with E-state index in [1.54, 1.807) is 0 Å². The van der Waals surface area contributed by atoms with E-state index in [0.29, 0.717) is 17.4 Å². The van der Waals surface area contributed by atoms with Gasteiger partial charge in [-0.25, -0.2) is 4.57 Å². The molecule has 2 unspecified atom stereocenters. The van der Waals surface area contributed by atoms with E-state index in [1.165, 1.54) is 250 Å². The Hall–Kier alpha value is -3.07. The topological polar surface area (TPSA) is 108 Å². The van der Waals surface area contributed by atoms with Gasteiger partial charge in [-0.2, -0.15) is 0 Å². The molecule has 0 spiro atoms. The van der Waals surface area contributed by atoms with Crippen LogP contribution in [0.1, 0.15) is 373 Å². The second kappa shape index (κ2) is 74.2. The minimum Gasteiger partial charge on any atom is -0.462 e. The van der Waals surface area contributed by atoms with Gasteiger partial charge >= 0.3 is 19.8 Å². The molecule has 9 nitrogen and oxygen atoms in total. The Morgan fingerprint density at radius 2 is 0.606 bits per heavy atom. The summed E-state index contributed by atoms with van der Waals surface area (Å²) in [6, 6.07) is 0. The van der Waals surface area contributed by atoms with E-state index in [2.05, 4.69) is 111 Å². The van der Waals surface area contributed by atoms with Gasteiger partial charge in [0.25, 0.3) is 0 Å². The quantitative estimate of drug-likeness (QED) is 0.0211. The third kappa shape index (κ3) is 77.9. The number of likely N-dealkylation sites (N-methyl/N-ethyl adjacent to an activating group) is 1. The second-order valence-corrected chi connectivity index (χ2v) is 29.5. The fraction of sp³-hybridized carbons (Fsp3) is 0.786. The maximum absolute atomic E-state index is 12.9. The highest BCUT2D eigenvalue weighted by Crippen LogP contribution is 2.43. The lowest BCUT2D eigenvalue weighted by Gasteiger charge is -2.24. The van der Waals surface area contributed by atoms with E-state index in [-0.39, 0.29) is 32.0 Å². The van der Waals surface area contributed by atoms with Crippen LogP contribution in [0.25, 0.3) is 0 Å². The molecule has 0 saturated carbocycles. The number of quaternary nitrogens is 1. The summed E-state index contributed by atoms with van der Waals surface area (Å²) >= 11 is 0. The average molecular weight is 1340 g/mol. The Bertz CT molecular complexity index is 1910. The number of rotatable bonds is 74. The zero-order valence-corrected chi connectivity index (χ0v) is 63.3. The highest BCUT2D eigenvalue weighted by Gasteiger charge is 2.27. The number of phosphoric acid groups is 1. The summed E-state index contributed by atoms with van der Waals surface area (Å²) in [5, 5.41) is 0. The number of hydrogen-bond acceptors (Lipinski definition) is 7. The Balaban J connectivity index is 3.92. The maximum atomic E-state index is 12.9. The van der Waals surface area contributed by atoms with Crippen LogP contribution in [0.15, 0.2) is 97.2 Å². The minimum absolute atomic E-state index is 0.0289. The fourth-order valence-electron chi connectivity index (χ4n) is 11.5. The molecule has 0 fully saturated rings. The number of nitrogens with zero attached hydrogens (tertiary/aromatic N) is 1. The van der Waals surface area contributed by atoms with Crippen LogP contribution < -0.4 is 0 Å². The molecule has 0 rings (SSSR count). The van der Waals surface area contributed by atoms with E-state index in [0.717, 1.165) is 89.9 Å². The summed E-state index contributed by atoms with van der Waals surface area (Å²) in [6.07, 6.45) is 104. The number of allylic oxidation sites excluding steroid dienone is 16. The van der Waals surface area contributed by atoms with Crippen LogP contribution >= 0.6 is 7.82 Å². The normalized spacial score (nSPS) is 13.6. The number of hydrogen-bond donors (Lipinski definition) is 1. The third-order valence-corrected chi connectivity index (χ3v) is 18.6. The Morgan fingerprint density at radius 3 is 0.904 bits per heavy atom. The van der Waals surface area contributed by atoms with Crippen molar-refractivity contribution in [1.29, 1.82) is 0 Å². The summed E-state index contributed by atoms with van der Waals surface area (Å²) in [5.74, 6) is -0.790. The summed E-state index contributed by atoms with van der Waals surface area (Å²) in [7, 11) is 1.48. The first kappa shape index (κ1) is 90.9. The molecule has 0 radical (unpaired) electrons. The molecule has 0 heterocycles. The third-order valence-electron chi connectivity index (χ3n) is 17.6. The molecular formula is C84H153NO8P+. The van der Waals surface area contributed by atoms with Gasteiger partial charge in [0.1, 0.15) is 19.8 Å². The van der Waals surface area contributed by atoms with E-state index >= 15 is 0 Å². The van der Waals surface area contributed by atoms with Crippen LogP contribution in [-0.2, 0) is 32.7 Å². The van der Waals surface area contributed by atoms with E-state index in [9.17, 15) is 19.0 Å². The van der Waals surface area contributed by atoms with Crippen LogP contribution in [0.5, 0.6) is 0 Å². The molecule has 0 saturated heterocycles. The predicted octanol–water partition coefficient (Wildman–Crippen LogP) is 26.6. The molecule has 1 N–H and O–H groups in total. The van der Waals surface area contributed by atoms with Crippen molar-refractivity contribution in [3.63, 3.8) is 0 Å². The van der Waals surface area contributed by atoms with E-state index < -0.39 is 26.5 Å². The Kier molecular flexibility index (Phi) is 71.7. The lowest BCUT2D eigenvalue weighted by atomic mass is 10.0. The Morgan fingerprint density at radius 1 is 0.340 bits per heavy atom. The first-order valence-corrected chi connectivity index (χ1v) is 41.5. The number of unbranched alkanes of at least 4 members (excludes halogenated alkanes) is 44. The molecule has 0 aliphatic carbocycles. The van der Waals surface area contributed by atoms with Crippen molar-refractivity contribution in [3.8, 4) is 0 Å². The molecule has 546 valence electrons. The zero-order chi connectivity index (χ0) is 68.3. The van der Waals surface area contributed by atoms with Crippen molar-refractivity contribution in [1.82, 2.24) is 0 Å². The molecule has 0 bridgehead atoms. The van der Waals surface area contributed by atoms with Crippen molar-refractivity contribution in [2.45, 2.75) is 380 Å². The van der Waals surface area contributed by atoms with E-state index in [1.807, 2.05) is 21.1 Å². The van der Waals surface area contributed by atoms with Crippen LogP contribution in [0, 0.1) is 0 Å². The van der Waals surface area contributed by atoms with Crippen molar-refractivity contribution in [3.05, 3.63) is 97.2 Å². The van der Waals surface area contributed by atoms with Gasteiger partial charge in [0.05, 0.1) is 27.7 Å². The van der Waals surface area contributed by atoms with Gasteiger partial charge in [0.15, 0.2) is 6.10 Å². The maximum Gasteiger partial charge on any atom is 0.472 e. The molecule has 0 aromatic rings. The number of carbonyl (C=O) groups excluding carboxylic acids is 2. The number of carbonyl (C=O) groups is 2.